The number of aliphatic hydroxyl groups is 1. The molecule has 0 saturated heterocycles. The molecule has 0 aliphatic heterocycles. The number of hydrogen-bond acceptors (Lipinski definition) is 3. The van der Waals surface area contributed by atoms with Crippen molar-refractivity contribution in [2.45, 2.75) is 13.0 Å². The third-order valence-corrected chi connectivity index (χ3v) is 2.85. The Balaban J connectivity index is 2.17. The zero-order valence-electron chi connectivity index (χ0n) is 9.97. The largest absolute Gasteiger partial charge is 0.398 e. The summed E-state index contributed by atoms with van der Waals surface area (Å²) >= 11 is 0. The highest BCUT2D eigenvalue weighted by atomic mass is 16.3. The van der Waals surface area contributed by atoms with Gasteiger partial charge in [-0.05, 0) is 11.6 Å². The first-order valence-corrected chi connectivity index (χ1v) is 5.77. The minimum absolute atomic E-state index is 0.0254. The average Bonchev–Trinajstić information content (AvgIpc) is 2.39. The molecular weight excluding hydrogens is 226 g/mol. The van der Waals surface area contributed by atoms with Crippen LogP contribution in [0.2, 0.25) is 0 Å². The van der Waals surface area contributed by atoms with E-state index in [9.17, 15) is 4.79 Å². The SMILES string of the molecule is Nc1cc(C(=O)Cc2ccccc2)ccc1CO. The molecule has 0 unspecified atom stereocenters. The molecule has 3 N–H and O–H groups in total. The van der Waals surface area contributed by atoms with Crippen molar-refractivity contribution in [1.29, 1.82) is 0 Å². The highest BCUT2D eigenvalue weighted by Gasteiger charge is 2.08. The van der Waals surface area contributed by atoms with Crippen molar-refractivity contribution in [3.63, 3.8) is 0 Å². The lowest BCUT2D eigenvalue weighted by Crippen LogP contribution is -2.05. The van der Waals surface area contributed by atoms with E-state index < -0.39 is 0 Å². The van der Waals surface area contributed by atoms with E-state index in [-0.39, 0.29) is 12.4 Å². The number of carbonyl (C=O) groups is 1. The van der Waals surface area contributed by atoms with Crippen LogP contribution in [0.5, 0.6) is 0 Å². The molecule has 0 atom stereocenters. The van der Waals surface area contributed by atoms with Crippen LogP contribution >= 0.6 is 0 Å². The molecule has 0 heterocycles. The van der Waals surface area contributed by atoms with E-state index in [4.69, 9.17) is 10.8 Å². The van der Waals surface area contributed by atoms with Gasteiger partial charge in [0, 0.05) is 23.2 Å². The molecule has 18 heavy (non-hydrogen) atoms. The first-order valence-electron chi connectivity index (χ1n) is 5.77. The maximum atomic E-state index is 12.0. The summed E-state index contributed by atoms with van der Waals surface area (Å²) in [4.78, 5) is 12.0. The zero-order chi connectivity index (χ0) is 13.0. The second kappa shape index (κ2) is 5.47. The lowest BCUT2D eigenvalue weighted by Gasteiger charge is -2.06. The number of nitrogen functional groups attached to an aromatic ring is 1. The number of rotatable bonds is 4. The summed E-state index contributed by atoms with van der Waals surface area (Å²) < 4.78 is 0. The number of hydrogen-bond donors (Lipinski definition) is 2. The number of carbonyl (C=O) groups excluding carboxylic acids is 1. The van der Waals surface area contributed by atoms with E-state index >= 15 is 0 Å². The fraction of sp³-hybridized carbons (Fsp3) is 0.133. The lowest BCUT2D eigenvalue weighted by molar-refractivity contribution is 0.0993. The predicted octanol–water partition coefficient (Wildman–Crippen LogP) is 2.19. The van der Waals surface area contributed by atoms with Crippen LogP contribution in [-0.2, 0) is 13.0 Å². The first kappa shape index (κ1) is 12.3. The number of ketones is 1. The summed E-state index contributed by atoms with van der Waals surface area (Å²) in [5.74, 6) is 0.0254. The average molecular weight is 241 g/mol. The van der Waals surface area contributed by atoms with Gasteiger partial charge in [-0.1, -0.05) is 42.5 Å². The molecular formula is C15H15NO2. The molecule has 2 aromatic rings. The molecule has 0 fully saturated rings. The summed E-state index contributed by atoms with van der Waals surface area (Å²) in [5.41, 5.74) is 8.41. The fourth-order valence-corrected chi connectivity index (χ4v) is 1.80. The van der Waals surface area contributed by atoms with Crippen molar-refractivity contribution in [3.05, 3.63) is 65.2 Å². The molecule has 3 heteroatoms. The molecule has 0 bridgehead atoms. The maximum absolute atomic E-state index is 12.0. The Bertz CT molecular complexity index is 550. The molecule has 0 aliphatic carbocycles. The number of nitrogens with two attached hydrogens (primary N) is 1. The maximum Gasteiger partial charge on any atom is 0.167 e. The van der Waals surface area contributed by atoms with Crippen molar-refractivity contribution < 1.29 is 9.90 Å². The van der Waals surface area contributed by atoms with Gasteiger partial charge in [0.15, 0.2) is 5.78 Å². The summed E-state index contributed by atoms with van der Waals surface area (Å²) in [6.07, 6.45) is 0.360. The highest BCUT2D eigenvalue weighted by Crippen LogP contribution is 2.16. The van der Waals surface area contributed by atoms with Gasteiger partial charge >= 0.3 is 0 Å². The normalized spacial score (nSPS) is 10.3. The standard InChI is InChI=1S/C15H15NO2/c16-14-9-12(6-7-13(14)10-17)15(18)8-11-4-2-1-3-5-11/h1-7,9,17H,8,10,16H2. The van der Waals surface area contributed by atoms with Gasteiger partial charge in [-0.3, -0.25) is 4.79 Å². The first-order chi connectivity index (χ1) is 8.70. The van der Waals surface area contributed by atoms with E-state index in [0.717, 1.165) is 5.56 Å². The van der Waals surface area contributed by atoms with Crippen LogP contribution in [0.1, 0.15) is 21.5 Å². The van der Waals surface area contributed by atoms with Crippen LogP contribution in [0, 0.1) is 0 Å². The van der Waals surface area contributed by atoms with Crippen molar-refractivity contribution in [2.75, 3.05) is 5.73 Å². The molecule has 0 spiro atoms. The van der Waals surface area contributed by atoms with Crippen LogP contribution in [-0.4, -0.2) is 10.9 Å². The van der Waals surface area contributed by atoms with E-state index in [2.05, 4.69) is 0 Å². The number of anilines is 1. The Morgan fingerprint density at radius 1 is 1.11 bits per heavy atom. The van der Waals surface area contributed by atoms with Gasteiger partial charge < -0.3 is 10.8 Å². The van der Waals surface area contributed by atoms with Gasteiger partial charge in [-0.25, -0.2) is 0 Å². The second-order valence-corrected chi connectivity index (χ2v) is 4.16. The molecule has 92 valence electrons. The predicted molar refractivity (Wildman–Crippen MR) is 71.3 cm³/mol. The minimum atomic E-state index is -0.112. The molecule has 2 aromatic carbocycles. The van der Waals surface area contributed by atoms with E-state index in [0.29, 0.717) is 23.2 Å². The zero-order valence-corrected chi connectivity index (χ0v) is 9.97. The summed E-state index contributed by atoms with van der Waals surface area (Å²) in [7, 11) is 0. The molecule has 3 nitrogen and oxygen atoms in total. The lowest BCUT2D eigenvalue weighted by atomic mass is 10.0. The van der Waals surface area contributed by atoms with E-state index in [1.807, 2.05) is 30.3 Å². The van der Waals surface area contributed by atoms with Crippen LogP contribution < -0.4 is 5.73 Å². The Morgan fingerprint density at radius 2 is 1.83 bits per heavy atom. The Labute approximate surface area is 106 Å². The van der Waals surface area contributed by atoms with Gasteiger partial charge in [-0.2, -0.15) is 0 Å². The Kier molecular flexibility index (Phi) is 3.75. The summed E-state index contributed by atoms with van der Waals surface area (Å²) in [5, 5.41) is 9.02. The number of benzene rings is 2. The fourth-order valence-electron chi connectivity index (χ4n) is 1.80. The van der Waals surface area contributed by atoms with Crippen LogP contribution in [0.25, 0.3) is 0 Å². The highest BCUT2D eigenvalue weighted by molar-refractivity contribution is 5.98. The number of aliphatic hydroxyl groups excluding tert-OH is 1. The molecule has 2 rings (SSSR count). The minimum Gasteiger partial charge on any atom is -0.398 e. The Hall–Kier alpha value is -2.13. The van der Waals surface area contributed by atoms with Crippen LogP contribution in [0.15, 0.2) is 48.5 Å². The van der Waals surface area contributed by atoms with Crippen LogP contribution in [0.4, 0.5) is 5.69 Å². The van der Waals surface area contributed by atoms with Gasteiger partial charge in [0.05, 0.1) is 6.61 Å². The quantitative estimate of drug-likeness (QED) is 0.637. The van der Waals surface area contributed by atoms with Gasteiger partial charge in [0.2, 0.25) is 0 Å². The van der Waals surface area contributed by atoms with Crippen molar-refractivity contribution in [3.8, 4) is 0 Å². The molecule has 0 aromatic heterocycles. The monoisotopic (exact) mass is 241 g/mol. The van der Waals surface area contributed by atoms with E-state index in [1.165, 1.54) is 0 Å². The summed E-state index contributed by atoms with van der Waals surface area (Å²) in [6.45, 7) is -0.112. The Morgan fingerprint density at radius 3 is 2.44 bits per heavy atom. The summed E-state index contributed by atoms with van der Waals surface area (Å²) in [6, 6.07) is 14.6. The van der Waals surface area contributed by atoms with Gasteiger partial charge in [0.25, 0.3) is 0 Å². The molecule has 0 amide bonds. The van der Waals surface area contributed by atoms with Crippen molar-refractivity contribution >= 4 is 11.5 Å². The van der Waals surface area contributed by atoms with Crippen molar-refractivity contribution in [2.24, 2.45) is 0 Å². The molecule has 0 aliphatic rings. The van der Waals surface area contributed by atoms with Crippen molar-refractivity contribution in [1.82, 2.24) is 0 Å². The molecule has 0 radical (unpaired) electrons. The number of Topliss-reactive ketones (excluding diaryl/α,β-unsaturated/α-hetero) is 1. The molecule has 0 saturated carbocycles. The third kappa shape index (κ3) is 2.76. The van der Waals surface area contributed by atoms with Gasteiger partial charge in [-0.15, -0.1) is 0 Å². The van der Waals surface area contributed by atoms with Crippen LogP contribution in [0.3, 0.4) is 0 Å². The topological polar surface area (TPSA) is 63.3 Å². The van der Waals surface area contributed by atoms with Gasteiger partial charge in [0.1, 0.15) is 0 Å². The third-order valence-electron chi connectivity index (χ3n) is 2.85. The smallest absolute Gasteiger partial charge is 0.167 e. The van der Waals surface area contributed by atoms with E-state index in [1.54, 1.807) is 18.2 Å². The second-order valence-electron chi connectivity index (χ2n) is 4.16.